The molecule has 0 bridgehead atoms. The van der Waals surface area contributed by atoms with E-state index < -0.39 is 0 Å². The van der Waals surface area contributed by atoms with Crippen LogP contribution in [-0.4, -0.2) is 10.2 Å². The summed E-state index contributed by atoms with van der Waals surface area (Å²) in [5.41, 5.74) is 1.14. The van der Waals surface area contributed by atoms with Crippen molar-refractivity contribution in [3.63, 3.8) is 0 Å². The van der Waals surface area contributed by atoms with Crippen LogP contribution in [0.15, 0.2) is 40.3 Å². The molecule has 1 aliphatic rings. The molecule has 0 fully saturated rings. The molecule has 1 aromatic carbocycles. The monoisotopic (exact) mass is 189 g/mol. The van der Waals surface area contributed by atoms with E-state index in [4.69, 9.17) is 0 Å². The van der Waals surface area contributed by atoms with E-state index in [1.165, 1.54) is 4.90 Å². The molecule has 2 heterocycles. The first-order valence-electron chi connectivity index (χ1n) is 4.01. The lowest BCUT2D eigenvalue weighted by Crippen LogP contribution is -1.97. The van der Waals surface area contributed by atoms with Crippen LogP contribution in [0.3, 0.4) is 0 Å². The topological polar surface area (TPSA) is 40.7 Å². The second-order valence-corrected chi connectivity index (χ2v) is 3.92. The van der Waals surface area contributed by atoms with Gasteiger partial charge < -0.3 is 5.32 Å². The minimum atomic E-state index is 0.990. The Labute approximate surface area is 79.6 Å². The van der Waals surface area contributed by atoms with Crippen LogP contribution in [0.1, 0.15) is 0 Å². The van der Waals surface area contributed by atoms with Crippen LogP contribution in [-0.2, 0) is 0 Å². The molecule has 0 spiro atoms. The number of anilines is 2. The number of rotatable bonds is 0. The first kappa shape index (κ1) is 7.03. The van der Waals surface area contributed by atoms with Crippen LogP contribution in [0.4, 0.5) is 11.5 Å². The predicted molar refractivity (Wildman–Crippen MR) is 52.4 cm³/mol. The second kappa shape index (κ2) is 2.53. The van der Waals surface area contributed by atoms with Crippen molar-refractivity contribution in [2.45, 2.75) is 9.79 Å². The van der Waals surface area contributed by atoms with Crippen molar-refractivity contribution in [3.8, 4) is 0 Å². The van der Waals surface area contributed by atoms with Gasteiger partial charge in [-0.25, -0.2) is 0 Å². The van der Waals surface area contributed by atoms with Crippen LogP contribution in [0.5, 0.6) is 0 Å². The number of hydrogen-bond donors (Lipinski definition) is 2. The van der Waals surface area contributed by atoms with Crippen molar-refractivity contribution in [2.75, 3.05) is 5.32 Å². The Kier molecular flexibility index (Phi) is 1.37. The maximum absolute atomic E-state index is 3.98. The van der Waals surface area contributed by atoms with Gasteiger partial charge in [-0.05, 0) is 12.1 Å². The number of aromatic nitrogens is 2. The Bertz CT molecular complexity index is 410. The average Bonchev–Trinajstić information content (AvgIpc) is 2.61. The van der Waals surface area contributed by atoms with Gasteiger partial charge in [-0.1, -0.05) is 23.9 Å². The zero-order valence-corrected chi connectivity index (χ0v) is 7.56. The molecule has 0 aliphatic carbocycles. The normalized spacial score (nSPS) is 12.9. The van der Waals surface area contributed by atoms with Gasteiger partial charge in [0.25, 0.3) is 0 Å². The summed E-state index contributed by atoms with van der Waals surface area (Å²) in [5, 5.41) is 10.2. The highest BCUT2D eigenvalue weighted by atomic mass is 32.2. The maximum atomic E-state index is 3.98. The number of H-pyrrole nitrogens is 1. The number of para-hydroxylation sites is 1. The van der Waals surface area contributed by atoms with Gasteiger partial charge in [0.15, 0.2) is 0 Å². The summed E-state index contributed by atoms with van der Waals surface area (Å²) in [7, 11) is 0. The quantitative estimate of drug-likeness (QED) is 0.571. The highest BCUT2D eigenvalue weighted by Crippen LogP contribution is 2.42. The molecule has 3 rings (SSSR count). The fraction of sp³-hybridized carbons (Fsp3) is 0. The molecule has 0 atom stereocenters. The maximum Gasteiger partial charge on any atom is 0.140 e. The van der Waals surface area contributed by atoms with E-state index in [1.54, 1.807) is 11.8 Å². The highest BCUT2D eigenvalue weighted by molar-refractivity contribution is 7.99. The van der Waals surface area contributed by atoms with Gasteiger partial charge in [0, 0.05) is 4.90 Å². The summed E-state index contributed by atoms with van der Waals surface area (Å²) in [6.45, 7) is 0. The SMILES string of the molecule is c1ccc2c(c1)Nc1[nH]ncc1S2. The Morgan fingerprint density at radius 3 is 3.08 bits per heavy atom. The first-order chi connectivity index (χ1) is 6.43. The lowest BCUT2D eigenvalue weighted by Gasteiger charge is -2.15. The lowest BCUT2D eigenvalue weighted by molar-refractivity contribution is 1.09. The van der Waals surface area contributed by atoms with E-state index in [-0.39, 0.29) is 0 Å². The van der Waals surface area contributed by atoms with Gasteiger partial charge in [-0.15, -0.1) is 0 Å². The summed E-state index contributed by atoms with van der Waals surface area (Å²) >= 11 is 1.73. The van der Waals surface area contributed by atoms with Gasteiger partial charge >= 0.3 is 0 Å². The minimum Gasteiger partial charge on any atom is -0.339 e. The molecule has 0 radical (unpaired) electrons. The number of fused-ring (bicyclic) bond motifs is 2. The summed E-state index contributed by atoms with van der Waals surface area (Å²) in [5.74, 6) is 0.990. The molecule has 0 unspecified atom stereocenters. The van der Waals surface area contributed by atoms with E-state index in [9.17, 15) is 0 Å². The number of benzene rings is 1. The van der Waals surface area contributed by atoms with Crippen LogP contribution >= 0.6 is 11.8 Å². The van der Waals surface area contributed by atoms with E-state index in [1.807, 2.05) is 18.3 Å². The van der Waals surface area contributed by atoms with Crippen LogP contribution in [0, 0.1) is 0 Å². The summed E-state index contributed by atoms with van der Waals surface area (Å²) in [4.78, 5) is 2.40. The Balaban J connectivity index is 2.14. The van der Waals surface area contributed by atoms with Crippen LogP contribution < -0.4 is 5.32 Å². The zero-order valence-electron chi connectivity index (χ0n) is 6.74. The first-order valence-corrected chi connectivity index (χ1v) is 4.82. The predicted octanol–water partition coefficient (Wildman–Crippen LogP) is 2.62. The molecule has 1 aliphatic heterocycles. The van der Waals surface area contributed by atoms with Crippen LogP contribution in [0.25, 0.3) is 0 Å². The number of nitrogens with one attached hydrogen (secondary N) is 2. The third-order valence-electron chi connectivity index (χ3n) is 1.97. The third-order valence-corrected chi connectivity index (χ3v) is 3.08. The molecule has 0 saturated carbocycles. The zero-order chi connectivity index (χ0) is 8.67. The largest absolute Gasteiger partial charge is 0.339 e. The van der Waals surface area contributed by atoms with Crippen molar-refractivity contribution >= 4 is 23.3 Å². The van der Waals surface area contributed by atoms with E-state index in [2.05, 4.69) is 27.6 Å². The van der Waals surface area contributed by atoms with Crippen molar-refractivity contribution in [3.05, 3.63) is 30.5 Å². The minimum absolute atomic E-state index is 0.990. The van der Waals surface area contributed by atoms with Gasteiger partial charge in [-0.3, -0.25) is 5.10 Å². The Hall–Kier alpha value is -1.42. The Morgan fingerprint density at radius 1 is 1.15 bits per heavy atom. The van der Waals surface area contributed by atoms with Gasteiger partial charge in [0.1, 0.15) is 5.82 Å². The molecule has 13 heavy (non-hydrogen) atoms. The van der Waals surface area contributed by atoms with Gasteiger partial charge in [-0.2, -0.15) is 5.10 Å². The molecule has 0 saturated heterocycles. The summed E-state index contributed by atoms with van der Waals surface area (Å²) in [6, 6.07) is 8.22. The molecular weight excluding hydrogens is 182 g/mol. The van der Waals surface area contributed by atoms with E-state index in [0.717, 1.165) is 16.4 Å². The molecule has 64 valence electrons. The molecular formula is C9H7N3S. The third kappa shape index (κ3) is 1.02. The Morgan fingerprint density at radius 2 is 2.08 bits per heavy atom. The molecule has 2 N–H and O–H groups in total. The number of nitrogens with zero attached hydrogens (tertiary/aromatic N) is 1. The molecule has 2 aromatic rings. The van der Waals surface area contributed by atoms with E-state index in [0.29, 0.717) is 0 Å². The second-order valence-electron chi connectivity index (χ2n) is 2.83. The fourth-order valence-electron chi connectivity index (χ4n) is 1.35. The standard InChI is InChI=1S/C9H7N3S/c1-2-4-7-6(3-1)11-9-8(13-7)5-10-12-9/h1-5H,(H2,10,11,12). The fourth-order valence-corrected chi connectivity index (χ4v) is 2.27. The van der Waals surface area contributed by atoms with Crippen molar-refractivity contribution < 1.29 is 0 Å². The van der Waals surface area contributed by atoms with Crippen molar-refractivity contribution in [2.24, 2.45) is 0 Å². The summed E-state index contributed by atoms with van der Waals surface area (Å²) < 4.78 is 0. The number of aromatic amines is 1. The molecule has 4 heteroatoms. The van der Waals surface area contributed by atoms with E-state index >= 15 is 0 Å². The molecule has 0 amide bonds. The van der Waals surface area contributed by atoms with Crippen molar-refractivity contribution in [1.82, 2.24) is 10.2 Å². The molecule has 3 nitrogen and oxygen atoms in total. The van der Waals surface area contributed by atoms with Crippen molar-refractivity contribution in [1.29, 1.82) is 0 Å². The lowest BCUT2D eigenvalue weighted by atomic mass is 10.3. The molecule has 1 aromatic heterocycles. The average molecular weight is 189 g/mol. The highest BCUT2D eigenvalue weighted by Gasteiger charge is 2.15. The number of hydrogen-bond acceptors (Lipinski definition) is 3. The smallest absolute Gasteiger partial charge is 0.140 e. The van der Waals surface area contributed by atoms with Crippen LogP contribution in [0.2, 0.25) is 0 Å². The summed E-state index contributed by atoms with van der Waals surface area (Å²) in [6.07, 6.45) is 1.84. The van der Waals surface area contributed by atoms with Gasteiger partial charge in [0.05, 0.1) is 16.8 Å². The van der Waals surface area contributed by atoms with Gasteiger partial charge in [0.2, 0.25) is 0 Å².